The van der Waals surface area contributed by atoms with Crippen molar-refractivity contribution in [2.75, 3.05) is 6.61 Å². The fourth-order valence-corrected chi connectivity index (χ4v) is 1.69. The summed E-state index contributed by atoms with van der Waals surface area (Å²) in [6.45, 7) is 2.09. The second-order valence-corrected chi connectivity index (χ2v) is 4.17. The van der Waals surface area contributed by atoms with Gasteiger partial charge in [0.25, 0.3) is 0 Å². The predicted molar refractivity (Wildman–Crippen MR) is 69.8 cm³/mol. The fraction of sp³-hybridized carbons (Fsp3) is 0.300. The first-order chi connectivity index (χ1) is 7.41. The molecular weight excluding hydrogens is 288 g/mol. The molecule has 0 spiro atoms. The quantitative estimate of drug-likeness (QED) is 0.897. The van der Waals surface area contributed by atoms with Crippen molar-refractivity contribution >= 4 is 41.6 Å². The molecule has 7 heteroatoms. The Bertz CT molecular complexity index is 387. The lowest BCUT2D eigenvalue weighted by Gasteiger charge is -2.10. The molecule has 1 rings (SSSR count). The lowest BCUT2D eigenvalue weighted by atomic mass is 10.2. The molecule has 0 saturated heterocycles. The minimum Gasteiger partial charge on any atom is -0.492 e. The van der Waals surface area contributed by atoms with Crippen LogP contribution in [0.3, 0.4) is 0 Å². The number of benzene rings is 1. The number of aromatic carboxylic acids is 1. The Balaban J connectivity index is 0.00000256. The molecule has 0 heterocycles. The molecule has 0 radical (unpaired) electrons. The highest BCUT2D eigenvalue weighted by Gasteiger charge is 2.15. The summed E-state index contributed by atoms with van der Waals surface area (Å²) >= 11 is 11.5. The number of nitrogens with two attached hydrogens (primary N) is 1. The van der Waals surface area contributed by atoms with E-state index in [0.29, 0.717) is 12.4 Å². The summed E-state index contributed by atoms with van der Waals surface area (Å²) in [5, 5.41) is 8.91. The van der Waals surface area contributed by atoms with Gasteiger partial charge in [-0.25, -0.2) is 4.79 Å². The highest BCUT2D eigenvalue weighted by molar-refractivity contribution is 6.39. The number of ether oxygens (including phenoxy) is 1. The molecule has 1 aromatic carbocycles. The predicted octanol–water partition coefficient (Wildman–Crippen LogP) is 2.84. The third-order valence-corrected chi connectivity index (χ3v) is 2.34. The zero-order valence-corrected chi connectivity index (χ0v) is 11.3. The summed E-state index contributed by atoms with van der Waals surface area (Å²) in [7, 11) is 0. The van der Waals surface area contributed by atoms with E-state index < -0.39 is 5.97 Å². The van der Waals surface area contributed by atoms with Gasteiger partial charge in [-0.2, -0.15) is 0 Å². The average Bonchev–Trinajstić information content (AvgIpc) is 2.12. The minimum atomic E-state index is -1.17. The van der Waals surface area contributed by atoms with Crippen LogP contribution in [0.15, 0.2) is 12.1 Å². The second kappa shape index (κ2) is 6.91. The van der Waals surface area contributed by atoms with Gasteiger partial charge in [0.2, 0.25) is 0 Å². The molecule has 0 aliphatic rings. The molecule has 0 unspecified atom stereocenters. The summed E-state index contributed by atoms with van der Waals surface area (Å²) in [6, 6.07) is 2.68. The first kappa shape index (κ1) is 16.3. The number of carboxylic acids is 1. The van der Waals surface area contributed by atoms with Crippen LogP contribution in [0, 0.1) is 0 Å². The maximum Gasteiger partial charge on any atom is 0.338 e. The van der Waals surface area contributed by atoms with Gasteiger partial charge in [-0.1, -0.05) is 23.2 Å². The number of rotatable bonds is 4. The van der Waals surface area contributed by atoms with E-state index in [4.69, 9.17) is 38.8 Å². The number of carbonyl (C=O) groups is 1. The molecule has 1 atom stereocenters. The van der Waals surface area contributed by atoms with Gasteiger partial charge in [-0.3, -0.25) is 0 Å². The fourth-order valence-electron chi connectivity index (χ4n) is 1.07. The van der Waals surface area contributed by atoms with E-state index in [2.05, 4.69) is 0 Å². The number of halogens is 3. The molecule has 3 N–H and O–H groups in total. The Hall–Kier alpha value is -0.680. The van der Waals surface area contributed by atoms with Crippen LogP contribution in [0.2, 0.25) is 10.0 Å². The number of carboxylic acid groups (broad SMARTS) is 1. The van der Waals surface area contributed by atoms with E-state index >= 15 is 0 Å². The largest absolute Gasteiger partial charge is 0.492 e. The Morgan fingerprint density at radius 3 is 2.29 bits per heavy atom. The summed E-state index contributed by atoms with van der Waals surface area (Å²) in [5.41, 5.74) is 5.38. The van der Waals surface area contributed by atoms with Gasteiger partial charge in [0.15, 0.2) is 0 Å². The first-order valence-electron chi connectivity index (χ1n) is 4.52. The van der Waals surface area contributed by atoms with Crippen LogP contribution >= 0.6 is 35.6 Å². The highest BCUT2D eigenvalue weighted by Crippen LogP contribution is 2.30. The molecule has 96 valence electrons. The maximum absolute atomic E-state index is 10.8. The van der Waals surface area contributed by atoms with Crippen LogP contribution in [0.5, 0.6) is 5.75 Å². The van der Waals surface area contributed by atoms with E-state index in [1.165, 1.54) is 12.1 Å². The van der Waals surface area contributed by atoms with Crippen molar-refractivity contribution in [3.63, 3.8) is 0 Å². The van der Waals surface area contributed by atoms with E-state index in [1.54, 1.807) is 6.92 Å². The standard InChI is InChI=1S/C10H11Cl2NO3.ClH/c1-5(13)4-16-6-2-7(11)9(10(14)15)8(12)3-6;/h2-3,5H,4,13H2,1H3,(H,14,15);1H/t5-;/m1./s1. The SMILES string of the molecule is C[C@@H](N)COc1cc(Cl)c(C(=O)O)c(Cl)c1.Cl. The molecule has 0 saturated carbocycles. The lowest BCUT2D eigenvalue weighted by molar-refractivity contribution is 0.0697. The van der Waals surface area contributed by atoms with Crippen LogP contribution in [0.1, 0.15) is 17.3 Å². The molecule has 0 bridgehead atoms. The van der Waals surface area contributed by atoms with Crippen molar-refractivity contribution in [3.8, 4) is 5.75 Å². The monoisotopic (exact) mass is 299 g/mol. The molecule has 0 aromatic heterocycles. The Morgan fingerprint density at radius 1 is 1.47 bits per heavy atom. The first-order valence-corrected chi connectivity index (χ1v) is 5.28. The van der Waals surface area contributed by atoms with E-state index in [9.17, 15) is 4.79 Å². The van der Waals surface area contributed by atoms with Gasteiger partial charge in [-0.05, 0) is 19.1 Å². The van der Waals surface area contributed by atoms with Gasteiger partial charge in [0, 0.05) is 6.04 Å². The summed E-state index contributed by atoms with van der Waals surface area (Å²) in [6.07, 6.45) is 0. The van der Waals surface area contributed by atoms with Gasteiger partial charge in [0.05, 0.1) is 15.6 Å². The van der Waals surface area contributed by atoms with Crippen molar-refractivity contribution in [2.45, 2.75) is 13.0 Å². The number of hydrogen-bond acceptors (Lipinski definition) is 3. The van der Waals surface area contributed by atoms with Crippen LogP contribution in [-0.2, 0) is 0 Å². The van der Waals surface area contributed by atoms with Crippen LogP contribution in [-0.4, -0.2) is 23.7 Å². The van der Waals surface area contributed by atoms with E-state index in [1.807, 2.05) is 0 Å². The van der Waals surface area contributed by atoms with Crippen LogP contribution in [0.25, 0.3) is 0 Å². The van der Waals surface area contributed by atoms with Crippen LogP contribution in [0.4, 0.5) is 0 Å². The number of hydrogen-bond donors (Lipinski definition) is 2. The molecule has 4 nitrogen and oxygen atoms in total. The zero-order chi connectivity index (χ0) is 12.3. The van der Waals surface area contributed by atoms with Gasteiger partial charge in [0.1, 0.15) is 12.4 Å². The Labute approximate surface area is 115 Å². The van der Waals surface area contributed by atoms with Gasteiger partial charge >= 0.3 is 5.97 Å². The van der Waals surface area contributed by atoms with Crippen molar-refractivity contribution in [3.05, 3.63) is 27.7 Å². The normalized spacial score (nSPS) is 11.5. The third-order valence-electron chi connectivity index (χ3n) is 1.74. The second-order valence-electron chi connectivity index (χ2n) is 3.36. The van der Waals surface area contributed by atoms with Crippen molar-refractivity contribution in [1.29, 1.82) is 0 Å². The van der Waals surface area contributed by atoms with E-state index in [-0.39, 0.29) is 34.1 Å². The summed E-state index contributed by atoms with van der Waals surface area (Å²) in [5.74, 6) is -0.772. The molecular formula is C10H12Cl3NO3. The smallest absolute Gasteiger partial charge is 0.338 e. The van der Waals surface area contributed by atoms with Crippen molar-refractivity contribution < 1.29 is 14.6 Å². The zero-order valence-electron chi connectivity index (χ0n) is 8.94. The van der Waals surface area contributed by atoms with Crippen molar-refractivity contribution in [2.24, 2.45) is 5.73 Å². The Morgan fingerprint density at radius 2 is 1.94 bits per heavy atom. The lowest BCUT2D eigenvalue weighted by Crippen LogP contribution is -2.23. The van der Waals surface area contributed by atoms with Crippen molar-refractivity contribution in [1.82, 2.24) is 0 Å². The van der Waals surface area contributed by atoms with Gasteiger partial charge in [-0.15, -0.1) is 12.4 Å². The minimum absolute atomic E-state index is 0. The summed E-state index contributed by atoms with van der Waals surface area (Å²) < 4.78 is 5.28. The molecule has 0 fully saturated rings. The molecule has 0 amide bonds. The van der Waals surface area contributed by atoms with Crippen LogP contribution < -0.4 is 10.5 Å². The van der Waals surface area contributed by atoms with E-state index in [0.717, 1.165) is 0 Å². The third kappa shape index (κ3) is 4.60. The summed E-state index contributed by atoms with van der Waals surface area (Å²) in [4.78, 5) is 10.8. The van der Waals surface area contributed by atoms with Gasteiger partial charge < -0.3 is 15.6 Å². The maximum atomic E-state index is 10.8. The average molecular weight is 301 g/mol. The molecule has 0 aliphatic heterocycles. The molecule has 17 heavy (non-hydrogen) atoms. The topological polar surface area (TPSA) is 72.5 Å². The molecule has 0 aliphatic carbocycles. The molecule has 1 aromatic rings. The Kier molecular flexibility index (Phi) is 6.64. The highest BCUT2D eigenvalue weighted by atomic mass is 35.5.